The number of hydrogen-bond acceptors (Lipinski definition) is 3. The zero-order valence-electron chi connectivity index (χ0n) is 16.7. The van der Waals surface area contributed by atoms with Gasteiger partial charge < -0.3 is 10.6 Å². The number of nitrogens with one attached hydrogen (secondary N) is 2. The predicted molar refractivity (Wildman–Crippen MR) is 112 cm³/mol. The molecule has 2 aliphatic rings. The lowest BCUT2D eigenvalue weighted by atomic mass is 9.81. The minimum atomic E-state index is -3.78. The Kier molecular flexibility index (Phi) is 5.03. The van der Waals surface area contributed by atoms with Gasteiger partial charge in [0.2, 0.25) is 10.0 Å². The Hall–Kier alpha value is -2.96. The number of carbonyl (C=O) groups excluding carboxylic acids is 1. The molecule has 4 rings (SSSR count). The lowest BCUT2D eigenvalue weighted by Crippen LogP contribution is -2.59. The van der Waals surface area contributed by atoms with Gasteiger partial charge in [0.1, 0.15) is 0 Å². The summed E-state index contributed by atoms with van der Waals surface area (Å²) in [7, 11) is -3.78. The number of fused-ring (bicyclic) bond motifs is 1. The van der Waals surface area contributed by atoms with Crippen molar-refractivity contribution in [2.24, 2.45) is 11.1 Å². The smallest absolute Gasteiger partial charge is 0.312 e. The average Bonchev–Trinajstić information content (AvgIpc) is 3.49. The van der Waals surface area contributed by atoms with Crippen molar-refractivity contribution in [3.05, 3.63) is 59.2 Å². The molecule has 31 heavy (non-hydrogen) atoms. The number of sulfonamides is 1. The Balaban J connectivity index is 1.69. The van der Waals surface area contributed by atoms with Crippen molar-refractivity contribution in [1.29, 1.82) is 0 Å². The molecule has 1 atom stereocenters. The van der Waals surface area contributed by atoms with Gasteiger partial charge in [0.05, 0.1) is 4.90 Å². The monoisotopic (exact) mass is 445 g/mol. The van der Waals surface area contributed by atoms with Crippen LogP contribution < -0.4 is 15.8 Å². The fourth-order valence-corrected chi connectivity index (χ4v) is 4.06. The van der Waals surface area contributed by atoms with Crippen LogP contribution in [0.25, 0.3) is 0 Å². The number of halogens is 2. The molecule has 0 bridgehead atoms. The maximum absolute atomic E-state index is 14.8. The molecule has 6 nitrogen and oxygen atoms in total. The van der Waals surface area contributed by atoms with Crippen molar-refractivity contribution in [3.63, 3.8) is 0 Å². The van der Waals surface area contributed by atoms with Crippen LogP contribution in [0.4, 0.5) is 19.3 Å². The molecule has 1 aliphatic carbocycles. The second-order valence-corrected chi connectivity index (χ2v) is 9.57. The van der Waals surface area contributed by atoms with E-state index in [1.54, 1.807) is 30.3 Å². The van der Waals surface area contributed by atoms with Crippen LogP contribution in [-0.2, 0) is 22.0 Å². The maximum atomic E-state index is 14.8. The van der Waals surface area contributed by atoms with Crippen molar-refractivity contribution in [2.45, 2.75) is 42.5 Å². The Labute approximate surface area is 179 Å². The Morgan fingerprint density at radius 2 is 1.81 bits per heavy atom. The lowest BCUT2D eigenvalue weighted by molar-refractivity contribution is -0.0464. The van der Waals surface area contributed by atoms with Gasteiger partial charge in [-0.1, -0.05) is 36.1 Å². The number of alkyl halides is 2. The van der Waals surface area contributed by atoms with E-state index in [1.165, 1.54) is 12.1 Å². The third-order valence-corrected chi connectivity index (χ3v) is 6.33. The van der Waals surface area contributed by atoms with Crippen molar-refractivity contribution in [2.75, 3.05) is 5.32 Å². The molecule has 0 spiro atoms. The van der Waals surface area contributed by atoms with Gasteiger partial charge in [-0.25, -0.2) is 27.1 Å². The van der Waals surface area contributed by atoms with Gasteiger partial charge in [-0.15, -0.1) is 0 Å². The summed E-state index contributed by atoms with van der Waals surface area (Å²) in [5, 5.41) is 10.1. The summed E-state index contributed by atoms with van der Waals surface area (Å²) >= 11 is 0. The summed E-state index contributed by atoms with van der Waals surface area (Å²) in [6.45, 7) is 0.755. The molecular formula is C22H21F2N3O3S. The molecule has 1 saturated carbocycles. The highest BCUT2D eigenvalue weighted by Crippen LogP contribution is 2.43. The highest BCUT2D eigenvalue weighted by molar-refractivity contribution is 7.89. The molecule has 0 unspecified atom stereocenters. The zero-order chi connectivity index (χ0) is 22.4. The summed E-state index contributed by atoms with van der Waals surface area (Å²) in [5.74, 6) is 2.33. The lowest BCUT2D eigenvalue weighted by Gasteiger charge is -2.40. The molecule has 1 heterocycles. The second kappa shape index (κ2) is 7.32. The minimum absolute atomic E-state index is 0.00391. The van der Waals surface area contributed by atoms with Crippen LogP contribution in [0.1, 0.15) is 36.5 Å². The fourth-order valence-electron chi connectivity index (χ4n) is 3.55. The van der Waals surface area contributed by atoms with Gasteiger partial charge in [-0.05, 0) is 48.6 Å². The van der Waals surface area contributed by atoms with Crippen LogP contribution in [0, 0.1) is 17.8 Å². The van der Waals surface area contributed by atoms with Gasteiger partial charge in [0.15, 0.2) is 5.54 Å². The predicted octanol–water partition coefficient (Wildman–Crippen LogP) is 3.32. The van der Waals surface area contributed by atoms with Crippen molar-refractivity contribution in [1.82, 2.24) is 5.32 Å². The molecule has 1 aliphatic heterocycles. The van der Waals surface area contributed by atoms with E-state index in [9.17, 15) is 22.0 Å². The maximum Gasteiger partial charge on any atom is 0.320 e. The SMILES string of the molecule is CC(F)(F)[C@@]1(C#CC2CC2)NC(=O)Nc2cc(Cc3ccc(S(N)(=O)=O)cc3)ccc21. The molecule has 2 aromatic rings. The van der Waals surface area contributed by atoms with Crippen molar-refractivity contribution in [3.8, 4) is 11.8 Å². The summed E-state index contributed by atoms with van der Waals surface area (Å²) in [6.07, 6.45) is 2.16. The van der Waals surface area contributed by atoms with Gasteiger partial charge >= 0.3 is 6.03 Å². The first-order chi connectivity index (χ1) is 14.5. The first kappa shape index (κ1) is 21.3. The van der Waals surface area contributed by atoms with E-state index in [4.69, 9.17) is 5.14 Å². The molecule has 2 aromatic carbocycles. The molecule has 0 saturated heterocycles. The summed E-state index contributed by atoms with van der Waals surface area (Å²) in [4.78, 5) is 12.3. The number of amides is 2. The summed E-state index contributed by atoms with van der Waals surface area (Å²) < 4.78 is 52.3. The van der Waals surface area contributed by atoms with Crippen LogP contribution in [0.5, 0.6) is 0 Å². The van der Waals surface area contributed by atoms with Crippen LogP contribution in [0.15, 0.2) is 47.4 Å². The normalized spacial score (nSPS) is 20.7. The highest BCUT2D eigenvalue weighted by atomic mass is 32.2. The Morgan fingerprint density at radius 1 is 1.16 bits per heavy atom. The molecule has 1 fully saturated rings. The van der Waals surface area contributed by atoms with E-state index < -0.39 is 27.5 Å². The summed E-state index contributed by atoms with van der Waals surface area (Å²) in [6, 6.07) is 10.2. The number of anilines is 1. The molecular weight excluding hydrogens is 424 g/mol. The van der Waals surface area contributed by atoms with Gasteiger partial charge in [0.25, 0.3) is 5.92 Å². The number of rotatable bonds is 4. The Morgan fingerprint density at radius 3 is 2.39 bits per heavy atom. The number of hydrogen-bond donors (Lipinski definition) is 3. The van der Waals surface area contributed by atoms with Crippen molar-refractivity contribution < 1.29 is 22.0 Å². The fraction of sp³-hybridized carbons (Fsp3) is 0.318. The first-order valence-corrected chi connectivity index (χ1v) is 11.3. The van der Waals surface area contributed by atoms with E-state index >= 15 is 0 Å². The van der Waals surface area contributed by atoms with Crippen LogP contribution >= 0.6 is 0 Å². The highest BCUT2D eigenvalue weighted by Gasteiger charge is 2.55. The Bertz CT molecular complexity index is 1210. The van der Waals surface area contributed by atoms with Gasteiger partial charge in [-0.2, -0.15) is 0 Å². The zero-order valence-corrected chi connectivity index (χ0v) is 17.5. The number of primary sulfonamides is 1. The van der Waals surface area contributed by atoms with Crippen molar-refractivity contribution >= 4 is 21.7 Å². The third-order valence-electron chi connectivity index (χ3n) is 5.40. The van der Waals surface area contributed by atoms with Crippen LogP contribution in [-0.4, -0.2) is 20.4 Å². The number of carbonyl (C=O) groups is 1. The standard InChI is InChI=1S/C22H21F2N3O3S/c1-21(23,24)22(11-10-14-2-3-14)18-9-6-16(13-19(18)26-20(28)27-22)12-15-4-7-17(8-5-15)31(25,29)30/h4-9,13-14H,2-3,12H2,1H3,(H2,25,29,30)(H2,26,27,28)/t22-/m0/s1. The second-order valence-electron chi connectivity index (χ2n) is 8.01. The topological polar surface area (TPSA) is 101 Å². The van der Waals surface area contributed by atoms with E-state index in [0.29, 0.717) is 6.42 Å². The van der Waals surface area contributed by atoms with E-state index in [0.717, 1.165) is 30.9 Å². The molecule has 162 valence electrons. The summed E-state index contributed by atoms with van der Waals surface area (Å²) in [5.41, 5.74) is -0.0702. The quantitative estimate of drug-likeness (QED) is 0.629. The molecule has 0 aromatic heterocycles. The number of benzene rings is 2. The number of nitrogens with two attached hydrogens (primary N) is 1. The molecule has 4 N–H and O–H groups in total. The first-order valence-electron chi connectivity index (χ1n) is 9.73. The average molecular weight is 445 g/mol. The third kappa shape index (κ3) is 4.27. The van der Waals surface area contributed by atoms with Gasteiger partial charge in [0, 0.05) is 24.1 Å². The molecule has 2 amide bonds. The van der Waals surface area contributed by atoms with Crippen LogP contribution in [0.3, 0.4) is 0 Å². The number of urea groups is 1. The molecule has 9 heteroatoms. The van der Waals surface area contributed by atoms with Crippen LogP contribution in [0.2, 0.25) is 0 Å². The van der Waals surface area contributed by atoms with Gasteiger partial charge in [-0.3, -0.25) is 0 Å². The minimum Gasteiger partial charge on any atom is -0.312 e. The van der Waals surface area contributed by atoms with E-state index in [2.05, 4.69) is 22.5 Å². The largest absolute Gasteiger partial charge is 0.320 e. The van der Waals surface area contributed by atoms with E-state index in [1.807, 2.05) is 0 Å². The molecule has 0 radical (unpaired) electrons. The van der Waals surface area contributed by atoms with E-state index in [-0.39, 0.29) is 22.1 Å².